The number of ether oxygens (including phenoxy) is 1. The molecule has 1 saturated carbocycles. The molecule has 0 unspecified atom stereocenters. The lowest BCUT2D eigenvalue weighted by Crippen LogP contribution is -2.23. The number of aromatic nitrogens is 3. The molecular formula is C20H19F3N4O2. The number of benzene rings is 1. The predicted molar refractivity (Wildman–Crippen MR) is 103 cm³/mol. The van der Waals surface area contributed by atoms with Crippen LogP contribution in [0, 0.1) is 0 Å². The summed E-state index contributed by atoms with van der Waals surface area (Å²) < 4.78 is 46.1. The van der Waals surface area contributed by atoms with E-state index in [2.05, 4.69) is 15.3 Å². The van der Waals surface area contributed by atoms with Gasteiger partial charge in [0, 0.05) is 35.4 Å². The number of fused-ring (bicyclic) bond motifs is 1. The van der Waals surface area contributed by atoms with Gasteiger partial charge in [-0.3, -0.25) is 9.36 Å². The first-order valence-corrected chi connectivity index (χ1v) is 9.27. The summed E-state index contributed by atoms with van der Waals surface area (Å²) in [5.74, 6) is 0.169. The average Bonchev–Trinajstić information content (AvgIpc) is 3.21. The highest BCUT2D eigenvalue weighted by atomic mass is 19.4. The number of rotatable bonds is 4. The van der Waals surface area contributed by atoms with E-state index in [-0.39, 0.29) is 29.0 Å². The van der Waals surface area contributed by atoms with E-state index in [1.165, 1.54) is 19.2 Å². The van der Waals surface area contributed by atoms with Crippen molar-refractivity contribution < 1.29 is 17.9 Å². The minimum absolute atomic E-state index is 0.0611. The van der Waals surface area contributed by atoms with Crippen molar-refractivity contribution in [1.82, 2.24) is 14.5 Å². The van der Waals surface area contributed by atoms with Crippen LogP contribution in [0.15, 0.2) is 41.3 Å². The molecule has 0 saturated heterocycles. The van der Waals surface area contributed by atoms with Gasteiger partial charge in [-0.1, -0.05) is 12.8 Å². The van der Waals surface area contributed by atoms with Crippen LogP contribution in [0.2, 0.25) is 0 Å². The van der Waals surface area contributed by atoms with Gasteiger partial charge >= 0.3 is 6.18 Å². The van der Waals surface area contributed by atoms with E-state index in [9.17, 15) is 18.0 Å². The molecule has 0 bridgehead atoms. The molecule has 0 spiro atoms. The zero-order valence-corrected chi connectivity index (χ0v) is 15.7. The van der Waals surface area contributed by atoms with Crippen LogP contribution >= 0.6 is 0 Å². The second kappa shape index (κ2) is 7.38. The molecule has 6 nitrogen and oxygen atoms in total. The molecule has 1 aliphatic carbocycles. The van der Waals surface area contributed by atoms with Crippen molar-refractivity contribution in [3.05, 3.63) is 52.4 Å². The van der Waals surface area contributed by atoms with Gasteiger partial charge in [-0.25, -0.2) is 4.98 Å². The quantitative estimate of drug-likeness (QED) is 0.684. The summed E-state index contributed by atoms with van der Waals surface area (Å²) in [5, 5.41) is 3.50. The molecule has 152 valence electrons. The first-order chi connectivity index (χ1) is 13.8. The molecule has 0 atom stereocenters. The highest BCUT2D eigenvalue weighted by molar-refractivity contribution is 5.76. The lowest BCUT2D eigenvalue weighted by molar-refractivity contribution is -0.137. The number of nitrogens with one attached hydrogen (secondary N) is 1. The largest absolute Gasteiger partial charge is 0.497 e. The molecule has 9 heteroatoms. The van der Waals surface area contributed by atoms with Crippen LogP contribution in [-0.4, -0.2) is 21.6 Å². The van der Waals surface area contributed by atoms with Crippen molar-refractivity contribution in [2.75, 3.05) is 12.4 Å². The SMILES string of the molecule is COc1cc(Nc2ncc3ccc(=O)n(C4CCCC4)c3n2)cc(C(F)(F)F)c1. The minimum atomic E-state index is -4.52. The van der Waals surface area contributed by atoms with Crippen molar-refractivity contribution in [3.8, 4) is 5.75 Å². The van der Waals surface area contributed by atoms with Gasteiger partial charge in [0.15, 0.2) is 0 Å². The fourth-order valence-corrected chi connectivity index (χ4v) is 3.70. The number of pyridine rings is 1. The Morgan fingerprint density at radius 3 is 2.62 bits per heavy atom. The monoisotopic (exact) mass is 404 g/mol. The average molecular weight is 404 g/mol. The van der Waals surface area contributed by atoms with Gasteiger partial charge in [0.2, 0.25) is 5.95 Å². The van der Waals surface area contributed by atoms with Crippen molar-refractivity contribution >= 4 is 22.7 Å². The third kappa shape index (κ3) is 3.90. The van der Waals surface area contributed by atoms with Gasteiger partial charge in [0.1, 0.15) is 11.4 Å². The number of halogens is 3. The molecule has 4 rings (SSSR count). The van der Waals surface area contributed by atoms with Gasteiger partial charge in [-0.15, -0.1) is 0 Å². The van der Waals surface area contributed by atoms with E-state index in [0.717, 1.165) is 37.8 Å². The Kier molecular flexibility index (Phi) is 4.89. The smallest absolute Gasteiger partial charge is 0.416 e. The van der Waals surface area contributed by atoms with Crippen LogP contribution in [-0.2, 0) is 6.18 Å². The molecule has 1 fully saturated rings. The van der Waals surface area contributed by atoms with Gasteiger partial charge in [0.25, 0.3) is 5.56 Å². The maximum absolute atomic E-state index is 13.1. The second-order valence-corrected chi connectivity index (χ2v) is 7.03. The van der Waals surface area contributed by atoms with E-state index < -0.39 is 11.7 Å². The molecule has 1 aliphatic rings. The zero-order valence-electron chi connectivity index (χ0n) is 15.7. The Balaban J connectivity index is 1.76. The molecule has 29 heavy (non-hydrogen) atoms. The van der Waals surface area contributed by atoms with Crippen molar-refractivity contribution in [1.29, 1.82) is 0 Å². The van der Waals surface area contributed by atoms with Crippen LogP contribution in [0.4, 0.5) is 24.8 Å². The Labute approximate surface area is 164 Å². The predicted octanol–water partition coefficient (Wildman–Crippen LogP) is 4.68. The summed E-state index contributed by atoms with van der Waals surface area (Å²) in [6.45, 7) is 0. The number of methoxy groups -OCH3 is 1. The van der Waals surface area contributed by atoms with Crippen molar-refractivity contribution in [2.45, 2.75) is 37.9 Å². The Morgan fingerprint density at radius 1 is 1.17 bits per heavy atom. The highest BCUT2D eigenvalue weighted by Crippen LogP contribution is 2.35. The third-order valence-electron chi connectivity index (χ3n) is 5.08. The maximum Gasteiger partial charge on any atom is 0.416 e. The molecule has 1 aromatic carbocycles. The Bertz CT molecular complexity index is 1110. The molecule has 2 aromatic heterocycles. The lowest BCUT2D eigenvalue weighted by Gasteiger charge is -2.16. The standard InChI is InChI=1S/C20H19F3N4O2/c1-29-16-9-13(20(21,22)23)8-14(10-16)25-19-24-11-12-6-7-17(28)27(18(12)26-19)15-4-2-3-5-15/h6-11,15H,2-5H2,1H3,(H,24,25,26). The molecule has 1 N–H and O–H groups in total. The minimum Gasteiger partial charge on any atom is -0.497 e. The van der Waals surface area contributed by atoms with E-state index in [1.54, 1.807) is 16.8 Å². The normalized spacial score (nSPS) is 15.0. The van der Waals surface area contributed by atoms with E-state index in [0.29, 0.717) is 11.0 Å². The van der Waals surface area contributed by atoms with Gasteiger partial charge in [-0.2, -0.15) is 18.2 Å². The summed E-state index contributed by atoms with van der Waals surface area (Å²) in [5.41, 5.74) is -0.375. The summed E-state index contributed by atoms with van der Waals surface area (Å²) in [6.07, 6.45) is 0.938. The van der Waals surface area contributed by atoms with Crippen LogP contribution < -0.4 is 15.6 Å². The third-order valence-corrected chi connectivity index (χ3v) is 5.08. The van der Waals surface area contributed by atoms with E-state index >= 15 is 0 Å². The number of anilines is 2. The van der Waals surface area contributed by atoms with Crippen molar-refractivity contribution in [2.24, 2.45) is 0 Å². The molecular weight excluding hydrogens is 385 g/mol. The van der Waals surface area contributed by atoms with Crippen LogP contribution in [0.25, 0.3) is 11.0 Å². The fourth-order valence-electron chi connectivity index (χ4n) is 3.70. The Morgan fingerprint density at radius 2 is 1.93 bits per heavy atom. The second-order valence-electron chi connectivity index (χ2n) is 7.03. The number of hydrogen-bond donors (Lipinski definition) is 1. The van der Waals surface area contributed by atoms with Gasteiger partial charge in [-0.05, 0) is 31.0 Å². The summed E-state index contributed by atoms with van der Waals surface area (Å²) in [4.78, 5) is 21.1. The lowest BCUT2D eigenvalue weighted by atomic mass is 10.2. The molecule has 2 heterocycles. The number of alkyl halides is 3. The fraction of sp³-hybridized carbons (Fsp3) is 0.350. The maximum atomic E-state index is 13.1. The highest BCUT2D eigenvalue weighted by Gasteiger charge is 2.31. The first kappa shape index (κ1) is 19.2. The topological polar surface area (TPSA) is 69.0 Å². The van der Waals surface area contributed by atoms with Crippen LogP contribution in [0.1, 0.15) is 37.3 Å². The van der Waals surface area contributed by atoms with E-state index in [1.807, 2.05) is 0 Å². The molecule has 3 aromatic rings. The molecule has 0 amide bonds. The van der Waals surface area contributed by atoms with Gasteiger partial charge < -0.3 is 10.1 Å². The zero-order chi connectivity index (χ0) is 20.6. The number of nitrogens with zero attached hydrogens (tertiary/aromatic N) is 3. The summed E-state index contributed by atoms with van der Waals surface area (Å²) in [6, 6.07) is 6.53. The summed E-state index contributed by atoms with van der Waals surface area (Å²) in [7, 11) is 1.30. The number of hydrogen-bond acceptors (Lipinski definition) is 5. The summed E-state index contributed by atoms with van der Waals surface area (Å²) >= 11 is 0. The van der Waals surface area contributed by atoms with Crippen molar-refractivity contribution in [3.63, 3.8) is 0 Å². The first-order valence-electron chi connectivity index (χ1n) is 9.27. The van der Waals surface area contributed by atoms with Crippen LogP contribution in [0.3, 0.4) is 0 Å². The van der Waals surface area contributed by atoms with Gasteiger partial charge in [0.05, 0.1) is 12.7 Å². The molecule has 0 radical (unpaired) electrons. The Hall–Kier alpha value is -3.10. The van der Waals surface area contributed by atoms with Crippen LogP contribution in [0.5, 0.6) is 5.75 Å². The van der Waals surface area contributed by atoms with E-state index in [4.69, 9.17) is 4.74 Å². The molecule has 0 aliphatic heterocycles.